The zero-order chi connectivity index (χ0) is 13.0. The molecule has 0 unspecified atom stereocenters. The average Bonchev–Trinajstić information content (AvgIpc) is 2.24. The standard InChI is InChI=1S/C12H14FNO3/c1-3-10(12(16)17)14-11(15)8-5-4-7(2)6-9(8)13/h4-6,10H,3H2,1-2H3,(H,14,15)(H,16,17)/t10-/m1/s1. The van der Waals surface area contributed by atoms with Crippen LogP contribution in [-0.4, -0.2) is 23.0 Å². The molecule has 0 fully saturated rings. The quantitative estimate of drug-likeness (QED) is 0.840. The Balaban J connectivity index is 2.86. The van der Waals surface area contributed by atoms with Crippen molar-refractivity contribution in [3.05, 3.63) is 35.1 Å². The minimum absolute atomic E-state index is 0.143. The number of carbonyl (C=O) groups excluding carboxylic acids is 1. The van der Waals surface area contributed by atoms with E-state index in [1.165, 1.54) is 12.1 Å². The molecule has 1 aromatic rings. The lowest BCUT2D eigenvalue weighted by atomic mass is 10.1. The fourth-order valence-corrected chi connectivity index (χ4v) is 1.38. The van der Waals surface area contributed by atoms with Gasteiger partial charge in [-0.2, -0.15) is 0 Å². The Kier molecular flexibility index (Phi) is 4.20. The molecule has 2 N–H and O–H groups in total. The molecule has 0 bridgehead atoms. The molecule has 0 aliphatic carbocycles. The van der Waals surface area contributed by atoms with Crippen molar-refractivity contribution in [3.8, 4) is 0 Å². The number of rotatable bonds is 4. The number of carboxylic acid groups (broad SMARTS) is 1. The maximum atomic E-state index is 13.4. The number of hydrogen-bond donors (Lipinski definition) is 2. The van der Waals surface area contributed by atoms with Crippen molar-refractivity contribution in [1.82, 2.24) is 5.32 Å². The molecule has 1 aromatic carbocycles. The first-order valence-electron chi connectivity index (χ1n) is 5.25. The highest BCUT2D eigenvalue weighted by atomic mass is 19.1. The fourth-order valence-electron chi connectivity index (χ4n) is 1.38. The average molecular weight is 239 g/mol. The maximum Gasteiger partial charge on any atom is 0.326 e. The van der Waals surface area contributed by atoms with Gasteiger partial charge in [0.05, 0.1) is 5.56 Å². The fraction of sp³-hybridized carbons (Fsp3) is 0.333. The van der Waals surface area contributed by atoms with E-state index >= 15 is 0 Å². The monoisotopic (exact) mass is 239 g/mol. The number of aryl methyl sites for hydroxylation is 1. The Hall–Kier alpha value is -1.91. The third-order valence-electron chi connectivity index (χ3n) is 2.38. The lowest BCUT2D eigenvalue weighted by Crippen LogP contribution is -2.40. The molecule has 1 amide bonds. The molecular weight excluding hydrogens is 225 g/mol. The summed E-state index contributed by atoms with van der Waals surface area (Å²) < 4.78 is 13.4. The van der Waals surface area contributed by atoms with E-state index in [0.717, 1.165) is 0 Å². The van der Waals surface area contributed by atoms with E-state index in [-0.39, 0.29) is 12.0 Å². The van der Waals surface area contributed by atoms with Gasteiger partial charge in [-0.1, -0.05) is 13.0 Å². The number of carbonyl (C=O) groups is 2. The zero-order valence-corrected chi connectivity index (χ0v) is 9.66. The molecule has 0 aliphatic heterocycles. The van der Waals surface area contributed by atoms with Gasteiger partial charge in [0.2, 0.25) is 0 Å². The molecule has 4 nitrogen and oxygen atoms in total. The Morgan fingerprint density at radius 3 is 2.59 bits per heavy atom. The maximum absolute atomic E-state index is 13.4. The van der Waals surface area contributed by atoms with Crippen molar-refractivity contribution in [2.45, 2.75) is 26.3 Å². The molecule has 5 heteroatoms. The molecular formula is C12H14FNO3. The van der Waals surface area contributed by atoms with Gasteiger partial charge in [0.25, 0.3) is 5.91 Å². The summed E-state index contributed by atoms with van der Waals surface area (Å²) in [5.41, 5.74) is 0.555. The van der Waals surface area contributed by atoms with Crippen molar-refractivity contribution >= 4 is 11.9 Å². The summed E-state index contributed by atoms with van der Waals surface area (Å²) in [5.74, 6) is -2.49. The smallest absolute Gasteiger partial charge is 0.326 e. The molecule has 0 radical (unpaired) electrons. The highest BCUT2D eigenvalue weighted by Crippen LogP contribution is 2.10. The predicted octanol–water partition coefficient (Wildman–Crippen LogP) is 1.73. The third-order valence-corrected chi connectivity index (χ3v) is 2.38. The van der Waals surface area contributed by atoms with E-state index < -0.39 is 23.7 Å². The van der Waals surface area contributed by atoms with Crippen LogP contribution in [0.3, 0.4) is 0 Å². The van der Waals surface area contributed by atoms with E-state index in [1.807, 2.05) is 0 Å². The van der Waals surface area contributed by atoms with Gasteiger partial charge in [0, 0.05) is 0 Å². The van der Waals surface area contributed by atoms with Crippen molar-refractivity contribution in [2.75, 3.05) is 0 Å². The number of benzene rings is 1. The molecule has 1 atom stereocenters. The van der Waals surface area contributed by atoms with Crippen LogP contribution in [0, 0.1) is 12.7 Å². The van der Waals surface area contributed by atoms with Gasteiger partial charge >= 0.3 is 5.97 Å². The van der Waals surface area contributed by atoms with E-state index in [2.05, 4.69) is 5.32 Å². The minimum Gasteiger partial charge on any atom is -0.480 e. The van der Waals surface area contributed by atoms with Gasteiger partial charge in [0.15, 0.2) is 0 Å². The molecule has 0 heterocycles. The van der Waals surface area contributed by atoms with E-state index in [9.17, 15) is 14.0 Å². The highest BCUT2D eigenvalue weighted by Gasteiger charge is 2.20. The molecule has 0 aliphatic rings. The van der Waals surface area contributed by atoms with Crippen molar-refractivity contribution in [3.63, 3.8) is 0 Å². The van der Waals surface area contributed by atoms with Gasteiger partial charge in [0.1, 0.15) is 11.9 Å². The van der Waals surface area contributed by atoms with Crippen LogP contribution in [0.4, 0.5) is 4.39 Å². The number of hydrogen-bond acceptors (Lipinski definition) is 2. The Labute approximate surface area is 98.5 Å². The predicted molar refractivity (Wildman–Crippen MR) is 60.3 cm³/mol. The van der Waals surface area contributed by atoms with Gasteiger partial charge in [-0.15, -0.1) is 0 Å². The summed E-state index contributed by atoms with van der Waals surface area (Å²) in [6.45, 7) is 3.33. The molecule has 1 rings (SSSR count). The van der Waals surface area contributed by atoms with Crippen LogP contribution in [-0.2, 0) is 4.79 Å². The van der Waals surface area contributed by atoms with Crippen LogP contribution in [0.25, 0.3) is 0 Å². The zero-order valence-electron chi connectivity index (χ0n) is 9.66. The first-order valence-corrected chi connectivity index (χ1v) is 5.25. The normalized spacial score (nSPS) is 11.9. The van der Waals surface area contributed by atoms with E-state index in [1.54, 1.807) is 19.9 Å². The van der Waals surface area contributed by atoms with Crippen LogP contribution in [0.2, 0.25) is 0 Å². The Bertz CT molecular complexity index is 445. The van der Waals surface area contributed by atoms with Crippen LogP contribution in [0.5, 0.6) is 0 Å². The summed E-state index contributed by atoms with van der Waals surface area (Å²) in [6, 6.07) is 3.17. The summed E-state index contributed by atoms with van der Waals surface area (Å²) in [4.78, 5) is 22.4. The summed E-state index contributed by atoms with van der Waals surface area (Å²) in [6.07, 6.45) is 0.245. The third kappa shape index (κ3) is 3.27. The number of amides is 1. The Morgan fingerprint density at radius 1 is 1.47 bits per heavy atom. The van der Waals surface area contributed by atoms with Gasteiger partial charge in [-0.05, 0) is 31.0 Å². The summed E-state index contributed by atoms with van der Waals surface area (Å²) in [5, 5.41) is 11.0. The first-order chi connectivity index (χ1) is 7.95. The van der Waals surface area contributed by atoms with Gasteiger partial charge in [-0.25, -0.2) is 9.18 Å². The van der Waals surface area contributed by atoms with Crippen LogP contribution < -0.4 is 5.32 Å². The lowest BCUT2D eigenvalue weighted by molar-refractivity contribution is -0.139. The lowest BCUT2D eigenvalue weighted by Gasteiger charge is -2.12. The first kappa shape index (κ1) is 13.2. The summed E-state index contributed by atoms with van der Waals surface area (Å²) >= 11 is 0. The van der Waals surface area contributed by atoms with Gasteiger partial charge < -0.3 is 10.4 Å². The molecule has 17 heavy (non-hydrogen) atoms. The molecule has 0 saturated carbocycles. The summed E-state index contributed by atoms with van der Waals surface area (Å²) in [7, 11) is 0. The second-order valence-electron chi connectivity index (χ2n) is 3.76. The van der Waals surface area contributed by atoms with Crippen molar-refractivity contribution < 1.29 is 19.1 Å². The SMILES string of the molecule is CC[C@@H](NC(=O)c1ccc(C)cc1F)C(=O)O. The van der Waals surface area contributed by atoms with Crippen LogP contribution >= 0.6 is 0 Å². The highest BCUT2D eigenvalue weighted by molar-refractivity contribution is 5.96. The molecule has 0 aromatic heterocycles. The molecule has 0 spiro atoms. The molecule has 92 valence electrons. The minimum atomic E-state index is -1.13. The number of aliphatic carboxylic acids is 1. The Morgan fingerprint density at radius 2 is 2.12 bits per heavy atom. The van der Waals surface area contributed by atoms with Crippen molar-refractivity contribution in [2.24, 2.45) is 0 Å². The van der Waals surface area contributed by atoms with E-state index in [0.29, 0.717) is 5.56 Å². The van der Waals surface area contributed by atoms with Gasteiger partial charge in [-0.3, -0.25) is 4.79 Å². The molecule has 0 saturated heterocycles. The number of halogens is 1. The van der Waals surface area contributed by atoms with Crippen LogP contribution in [0.1, 0.15) is 29.3 Å². The second kappa shape index (κ2) is 5.43. The van der Waals surface area contributed by atoms with Crippen molar-refractivity contribution in [1.29, 1.82) is 0 Å². The topological polar surface area (TPSA) is 66.4 Å². The van der Waals surface area contributed by atoms with E-state index in [4.69, 9.17) is 5.11 Å². The number of carboxylic acids is 1. The van der Waals surface area contributed by atoms with Crippen LogP contribution in [0.15, 0.2) is 18.2 Å². The number of nitrogens with one attached hydrogen (secondary N) is 1. The largest absolute Gasteiger partial charge is 0.480 e. The second-order valence-corrected chi connectivity index (χ2v) is 3.76.